The van der Waals surface area contributed by atoms with Gasteiger partial charge >= 0.3 is 0 Å². The minimum atomic E-state index is 0.333. The first-order valence-corrected chi connectivity index (χ1v) is 9.76. The topological polar surface area (TPSA) is 47.3 Å². The van der Waals surface area contributed by atoms with E-state index in [1.165, 1.54) is 25.7 Å². The summed E-state index contributed by atoms with van der Waals surface area (Å²) in [6.45, 7) is 0.569. The van der Waals surface area contributed by atoms with Crippen LogP contribution in [0.3, 0.4) is 0 Å². The number of nitrogens with zero attached hydrogens (tertiary/aromatic N) is 1. The highest BCUT2D eigenvalue weighted by Crippen LogP contribution is 2.45. The van der Waals surface area contributed by atoms with Crippen LogP contribution in [0.2, 0.25) is 5.02 Å². The number of ether oxygens (including phenoxy) is 1. The van der Waals surface area contributed by atoms with Crippen molar-refractivity contribution < 1.29 is 9.26 Å². The fourth-order valence-electron chi connectivity index (χ4n) is 4.33. The number of aromatic nitrogens is 1. The molecular formula is C20H23ClN2O2. The zero-order valence-electron chi connectivity index (χ0n) is 14.2. The monoisotopic (exact) mass is 358 g/mol. The van der Waals surface area contributed by atoms with Gasteiger partial charge in [-0.1, -0.05) is 35.0 Å². The molecule has 2 saturated heterocycles. The number of benzene rings is 1. The van der Waals surface area contributed by atoms with E-state index >= 15 is 0 Å². The SMILES string of the molecule is Clc1ccccc1-c1noc(C2CC2)c1CO[C@H]1C[C@H]2CC[C@@H](C1)N2. The van der Waals surface area contributed by atoms with E-state index in [0.717, 1.165) is 35.4 Å². The molecule has 1 aliphatic carbocycles. The lowest BCUT2D eigenvalue weighted by atomic mass is 10.0. The molecular weight excluding hydrogens is 336 g/mol. The molecule has 3 atom stereocenters. The maximum absolute atomic E-state index is 6.40. The zero-order valence-corrected chi connectivity index (χ0v) is 15.0. The van der Waals surface area contributed by atoms with E-state index in [0.29, 0.717) is 35.7 Å². The van der Waals surface area contributed by atoms with Gasteiger partial charge in [0.05, 0.1) is 17.7 Å². The predicted octanol–water partition coefficient (Wildman–Crippen LogP) is 4.67. The quantitative estimate of drug-likeness (QED) is 0.843. The fourth-order valence-corrected chi connectivity index (χ4v) is 4.56. The van der Waals surface area contributed by atoms with Crippen molar-refractivity contribution in [2.75, 3.05) is 0 Å². The molecule has 3 aliphatic rings. The number of fused-ring (bicyclic) bond motifs is 2. The Balaban J connectivity index is 1.39. The van der Waals surface area contributed by atoms with Crippen LogP contribution < -0.4 is 5.32 Å². The Morgan fingerprint density at radius 3 is 2.60 bits per heavy atom. The molecule has 4 nitrogen and oxygen atoms in total. The van der Waals surface area contributed by atoms with E-state index < -0.39 is 0 Å². The lowest BCUT2D eigenvalue weighted by Crippen LogP contribution is -2.41. The van der Waals surface area contributed by atoms with Gasteiger partial charge in [0.1, 0.15) is 11.5 Å². The minimum absolute atomic E-state index is 0.333. The van der Waals surface area contributed by atoms with Crippen LogP contribution in [0, 0.1) is 0 Å². The fraction of sp³-hybridized carbons (Fsp3) is 0.550. The van der Waals surface area contributed by atoms with Crippen molar-refractivity contribution >= 4 is 11.6 Å². The van der Waals surface area contributed by atoms with E-state index in [2.05, 4.69) is 10.5 Å². The Morgan fingerprint density at radius 2 is 1.88 bits per heavy atom. The molecule has 2 bridgehead atoms. The average Bonchev–Trinajstić information content (AvgIpc) is 3.30. The molecule has 2 aliphatic heterocycles. The molecule has 1 aromatic carbocycles. The molecule has 25 heavy (non-hydrogen) atoms. The summed E-state index contributed by atoms with van der Waals surface area (Å²) in [7, 11) is 0. The highest BCUT2D eigenvalue weighted by molar-refractivity contribution is 6.33. The molecule has 2 aromatic rings. The molecule has 1 N–H and O–H groups in total. The minimum Gasteiger partial charge on any atom is -0.373 e. The van der Waals surface area contributed by atoms with Crippen molar-refractivity contribution in [2.24, 2.45) is 0 Å². The van der Waals surface area contributed by atoms with Crippen LogP contribution in [0.1, 0.15) is 55.8 Å². The van der Waals surface area contributed by atoms with Gasteiger partial charge in [0.2, 0.25) is 0 Å². The lowest BCUT2D eigenvalue weighted by Gasteiger charge is -2.29. The number of nitrogens with one attached hydrogen (secondary N) is 1. The van der Waals surface area contributed by atoms with Crippen molar-refractivity contribution in [1.29, 1.82) is 0 Å². The maximum atomic E-state index is 6.40. The first-order chi connectivity index (χ1) is 12.3. The Bertz CT molecular complexity index is 759. The number of halogens is 1. The molecule has 132 valence electrons. The average molecular weight is 359 g/mol. The third kappa shape index (κ3) is 3.12. The number of hydrogen-bond acceptors (Lipinski definition) is 4. The summed E-state index contributed by atoms with van der Waals surface area (Å²) in [4.78, 5) is 0. The van der Waals surface area contributed by atoms with Crippen molar-refractivity contribution in [3.05, 3.63) is 40.6 Å². The number of hydrogen-bond donors (Lipinski definition) is 1. The van der Waals surface area contributed by atoms with Gasteiger partial charge in [-0.15, -0.1) is 0 Å². The Labute approximate surface area is 152 Å². The maximum Gasteiger partial charge on any atom is 0.145 e. The summed E-state index contributed by atoms with van der Waals surface area (Å²) in [5.74, 6) is 1.51. The molecule has 0 unspecified atom stereocenters. The van der Waals surface area contributed by atoms with Crippen LogP contribution in [-0.2, 0) is 11.3 Å². The molecule has 0 amide bonds. The lowest BCUT2D eigenvalue weighted by molar-refractivity contribution is 0.00876. The largest absolute Gasteiger partial charge is 0.373 e. The molecule has 3 fully saturated rings. The predicted molar refractivity (Wildman–Crippen MR) is 96.7 cm³/mol. The van der Waals surface area contributed by atoms with Crippen LogP contribution in [0.25, 0.3) is 11.3 Å². The third-order valence-corrected chi connectivity index (χ3v) is 6.12. The number of piperidine rings is 1. The van der Waals surface area contributed by atoms with Crippen molar-refractivity contribution in [3.63, 3.8) is 0 Å². The van der Waals surface area contributed by atoms with Crippen LogP contribution in [0.15, 0.2) is 28.8 Å². The molecule has 3 heterocycles. The van der Waals surface area contributed by atoms with E-state index in [4.69, 9.17) is 20.9 Å². The Hall–Kier alpha value is -1.36. The summed E-state index contributed by atoms with van der Waals surface area (Å²) in [5, 5.41) is 8.74. The summed E-state index contributed by atoms with van der Waals surface area (Å²) in [5.41, 5.74) is 2.88. The van der Waals surface area contributed by atoms with Crippen LogP contribution in [-0.4, -0.2) is 23.3 Å². The highest BCUT2D eigenvalue weighted by Gasteiger charge is 2.36. The van der Waals surface area contributed by atoms with E-state index in [9.17, 15) is 0 Å². The van der Waals surface area contributed by atoms with Gasteiger partial charge in [0.15, 0.2) is 0 Å². The van der Waals surface area contributed by atoms with Gasteiger partial charge in [-0.25, -0.2) is 0 Å². The van der Waals surface area contributed by atoms with Gasteiger partial charge in [-0.3, -0.25) is 0 Å². The van der Waals surface area contributed by atoms with E-state index in [1.54, 1.807) is 0 Å². The van der Waals surface area contributed by atoms with Gasteiger partial charge in [0.25, 0.3) is 0 Å². The van der Waals surface area contributed by atoms with Crippen molar-refractivity contribution in [1.82, 2.24) is 10.5 Å². The first kappa shape index (κ1) is 15.9. The molecule has 0 radical (unpaired) electrons. The second-order valence-corrected chi connectivity index (χ2v) is 8.08. The van der Waals surface area contributed by atoms with E-state index in [1.807, 2.05) is 24.3 Å². The van der Waals surface area contributed by atoms with Crippen LogP contribution in [0.4, 0.5) is 0 Å². The molecule has 1 aromatic heterocycles. The smallest absolute Gasteiger partial charge is 0.145 e. The van der Waals surface area contributed by atoms with Gasteiger partial charge < -0.3 is 14.6 Å². The summed E-state index contributed by atoms with van der Waals surface area (Å²) >= 11 is 6.40. The number of rotatable bonds is 5. The second kappa shape index (κ2) is 6.42. The second-order valence-electron chi connectivity index (χ2n) is 7.67. The Morgan fingerprint density at radius 1 is 1.12 bits per heavy atom. The normalized spacial score (nSPS) is 28.4. The van der Waals surface area contributed by atoms with Crippen molar-refractivity contribution in [3.8, 4) is 11.3 Å². The third-order valence-electron chi connectivity index (χ3n) is 5.79. The highest BCUT2D eigenvalue weighted by atomic mass is 35.5. The van der Waals surface area contributed by atoms with Crippen LogP contribution in [0.5, 0.6) is 0 Å². The Kier molecular flexibility index (Phi) is 4.07. The molecule has 0 spiro atoms. The van der Waals surface area contributed by atoms with E-state index in [-0.39, 0.29) is 0 Å². The van der Waals surface area contributed by atoms with Crippen LogP contribution >= 0.6 is 11.6 Å². The first-order valence-electron chi connectivity index (χ1n) is 9.39. The van der Waals surface area contributed by atoms with Gasteiger partial charge in [0, 0.05) is 29.1 Å². The van der Waals surface area contributed by atoms with Crippen molar-refractivity contribution in [2.45, 2.75) is 69.2 Å². The molecule has 5 rings (SSSR count). The molecule has 5 heteroatoms. The van der Waals surface area contributed by atoms with Gasteiger partial charge in [-0.2, -0.15) is 0 Å². The zero-order chi connectivity index (χ0) is 16.8. The van der Waals surface area contributed by atoms with Gasteiger partial charge in [-0.05, 0) is 44.6 Å². The standard InChI is InChI=1S/C20H23ClN2O2/c21-18-4-2-1-3-16(18)19-17(20(25-23-19)12-5-6-12)11-24-15-9-13-7-8-14(10-15)22-13/h1-4,12-15,22H,5-11H2/t13-,14+,15+. The summed E-state index contributed by atoms with van der Waals surface area (Å²) in [6, 6.07) is 9.11. The summed E-state index contributed by atoms with van der Waals surface area (Å²) < 4.78 is 12.1. The summed E-state index contributed by atoms with van der Waals surface area (Å²) in [6.07, 6.45) is 7.50. The molecule has 1 saturated carbocycles.